The summed E-state index contributed by atoms with van der Waals surface area (Å²) in [6.45, 7) is 0.395. The van der Waals surface area contributed by atoms with Crippen LogP contribution >= 0.6 is 0 Å². The summed E-state index contributed by atoms with van der Waals surface area (Å²) in [7, 11) is 1.52. The highest BCUT2D eigenvalue weighted by Gasteiger charge is 2.29. The number of methoxy groups -OCH3 is 1. The molecular weight excluding hydrogens is 416 g/mol. The topological polar surface area (TPSA) is 156 Å². The molecule has 2 aromatic rings. The number of carbonyl (C=O) groups is 4. The van der Waals surface area contributed by atoms with E-state index in [9.17, 15) is 19.2 Å². The summed E-state index contributed by atoms with van der Waals surface area (Å²) in [5, 5.41) is 4.52. The summed E-state index contributed by atoms with van der Waals surface area (Å²) < 4.78 is 5.17. The van der Waals surface area contributed by atoms with Crippen molar-refractivity contribution >= 4 is 24.3 Å². The van der Waals surface area contributed by atoms with Gasteiger partial charge in [0.05, 0.1) is 19.2 Å². The monoisotopic (exact) mass is 436 g/mol. The number of benzene rings is 1. The average molecular weight is 436 g/mol. The molecule has 1 atom stereocenters. The lowest BCUT2D eigenvalue weighted by atomic mass is 10.1. The summed E-state index contributed by atoms with van der Waals surface area (Å²) in [5.41, 5.74) is 3.95. The quantitative estimate of drug-likeness (QED) is 0.157. The van der Waals surface area contributed by atoms with E-state index in [-0.39, 0.29) is 24.4 Å². The largest absolute Gasteiger partial charge is 0.497 e. The first-order chi connectivity index (χ1) is 15.4. The van der Waals surface area contributed by atoms with E-state index >= 15 is 0 Å². The van der Waals surface area contributed by atoms with Gasteiger partial charge in [0, 0.05) is 30.1 Å². The number of hydrazine groups is 1. The van der Waals surface area contributed by atoms with Crippen LogP contribution in [-0.4, -0.2) is 53.8 Å². The second-order valence-electron chi connectivity index (χ2n) is 6.70. The Morgan fingerprint density at radius 2 is 2.16 bits per heavy atom. The van der Waals surface area contributed by atoms with Crippen LogP contribution in [0.3, 0.4) is 0 Å². The summed E-state index contributed by atoms with van der Waals surface area (Å²) in [6.07, 6.45) is 3.00. The molecule has 0 fully saturated rings. The predicted molar refractivity (Wildman–Crippen MR) is 112 cm³/mol. The van der Waals surface area contributed by atoms with Crippen LogP contribution < -0.4 is 26.6 Å². The molecule has 1 aromatic carbocycles. The molecule has 1 aliphatic heterocycles. The summed E-state index contributed by atoms with van der Waals surface area (Å²) in [5.74, 6) is 10.6. The number of fused-ring (bicyclic) bond motifs is 1. The summed E-state index contributed by atoms with van der Waals surface area (Å²) >= 11 is 0. The number of hydrogen-bond donors (Lipinski definition) is 4. The maximum atomic E-state index is 12.8. The second-order valence-corrected chi connectivity index (χ2v) is 6.70. The molecular formula is C21H20N6O5. The van der Waals surface area contributed by atoms with Crippen molar-refractivity contribution < 1.29 is 23.9 Å². The molecule has 2 heterocycles. The number of rotatable bonds is 6. The molecule has 5 amide bonds. The van der Waals surface area contributed by atoms with Gasteiger partial charge in [-0.05, 0) is 23.8 Å². The van der Waals surface area contributed by atoms with Gasteiger partial charge in [-0.3, -0.25) is 30.1 Å². The Labute approximate surface area is 183 Å². The zero-order valence-corrected chi connectivity index (χ0v) is 17.0. The van der Waals surface area contributed by atoms with E-state index in [1.54, 1.807) is 18.2 Å². The van der Waals surface area contributed by atoms with Crippen LogP contribution in [0.4, 0.5) is 4.79 Å². The maximum absolute atomic E-state index is 12.8. The lowest BCUT2D eigenvalue weighted by molar-refractivity contribution is -0.108. The average Bonchev–Trinajstić information content (AvgIpc) is 3.11. The molecule has 0 spiro atoms. The fraction of sp³-hybridized carbons (Fsp3) is 0.190. The Morgan fingerprint density at radius 1 is 1.34 bits per heavy atom. The Bertz CT molecular complexity index is 1120. The third-order valence-corrected chi connectivity index (χ3v) is 4.62. The van der Waals surface area contributed by atoms with Crippen LogP contribution in [0, 0.1) is 11.8 Å². The number of nitrogens with two attached hydrogens (primary N) is 1. The Hall–Kier alpha value is -4.43. The van der Waals surface area contributed by atoms with Gasteiger partial charge in [0.2, 0.25) is 6.41 Å². The normalized spacial score (nSPS) is 12.7. The summed E-state index contributed by atoms with van der Waals surface area (Å²) in [4.78, 5) is 52.4. The van der Waals surface area contributed by atoms with Crippen LogP contribution in [0.15, 0.2) is 36.7 Å². The van der Waals surface area contributed by atoms with Gasteiger partial charge < -0.3 is 15.0 Å². The SMILES string of the molecule is COc1ccc2c(c1)C(=O)N(C[C@@H](C#Cc1cncc(C(=O)NN)c1)NC(=O)NC=O)C2. The minimum Gasteiger partial charge on any atom is -0.497 e. The lowest BCUT2D eigenvalue weighted by Gasteiger charge is -2.21. The zero-order chi connectivity index (χ0) is 23.1. The zero-order valence-electron chi connectivity index (χ0n) is 17.0. The fourth-order valence-electron chi connectivity index (χ4n) is 3.10. The van der Waals surface area contributed by atoms with Gasteiger partial charge in [-0.15, -0.1) is 0 Å². The number of nitrogens with one attached hydrogen (secondary N) is 3. The van der Waals surface area contributed by atoms with Gasteiger partial charge in [0.25, 0.3) is 11.8 Å². The minimum atomic E-state index is -0.818. The van der Waals surface area contributed by atoms with Gasteiger partial charge in [-0.2, -0.15) is 0 Å². The van der Waals surface area contributed by atoms with Crippen LogP contribution in [0.1, 0.15) is 31.8 Å². The number of pyridine rings is 1. The van der Waals surface area contributed by atoms with Crippen LogP contribution in [-0.2, 0) is 11.3 Å². The Morgan fingerprint density at radius 3 is 2.88 bits per heavy atom. The number of nitrogens with zero attached hydrogens (tertiary/aromatic N) is 2. The van der Waals surface area contributed by atoms with Crippen molar-refractivity contribution in [2.24, 2.45) is 5.84 Å². The van der Waals surface area contributed by atoms with E-state index in [0.717, 1.165) is 5.56 Å². The van der Waals surface area contributed by atoms with Crippen molar-refractivity contribution in [1.82, 2.24) is 25.9 Å². The van der Waals surface area contributed by atoms with Crippen LogP contribution in [0.25, 0.3) is 0 Å². The third-order valence-electron chi connectivity index (χ3n) is 4.62. The number of carbonyl (C=O) groups excluding carboxylic acids is 4. The molecule has 164 valence electrons. The molecule has 11 nitrogen and oxygen atoms in total. The molecule has 0 unspecified atom stereocenters. The van der Waals surface area contributed by atoms with Gasteiger partial charge in [-0.25, -0.2) is 10.6 Å². The van der Waals surface area contributed by atoms with Crippen molar-refractivity contribution in [3.63, 3.8) is 0 Å². The number of aromatic nitrogens is 1. The first-order valence-electron chi connectivity index (χ1n) is 9.39. The van der Waals surface area contributed by atoms with E-state index in [2.05, 4.69) is 22.1 Å². The van der Waals surface area contributed by atoms with E-state index < -0.39 is 18.0 Å². The highest BCUT2D eigenvalue weighted by molar-refractivity contribution is 5.99. The molecule has 3 rings (SSSR count). The van der Waals surface area contributed by atoms with Crippen molar-refractivity contribution in [3.05, 3.63) is 58.9 Å². The molecule has 0 saturated heterocycles. The van der Waals surface area contributed by atoms with Crippen molar-refractivity contribution in [3.8, 4) is 17.6 Å². The fourth-order valence-corrected chi connectivity index (χ4v) is 3.10. The van der Waals surface area contributed by atoms with E-state index in [0.29, 0.717) is 23.4 Å². The van der Waals surface area contributed by atoms with Crippen molar-refractivity contribution in [2.45, 2.75) is 12.6 Å². The molecule has 0 radical (unpaired) electrons. The maximum Gasteiger partial charge on any atom is 0.322 e. The molecule has 1 aromatic heterocycles. The number of ether oxygens (including phenoxy) is 1. The molecule has 0 bridgehead atoms. The number of hydrogen-bond acceptors (Lipinski definition) is 7. The minimum absolute atomic E-state index is 0.0610. The van der Waals surface area contributed by atoms with Crippen LogP contribution in [0.5, 0.6) is 5.75 Å². The molecule has 11 heteroatoms. The van der Waals surface area contributed by atoms with Gasteiger partial charge in [0.1, 0.15) is 11.8 Å². The molecule has 32 heavy (non-hydrogen) atoms. The van der Waals surface area contributed by atoms with Gasteiger partial charge >= 0.3 is 6.03 Å². The van der Waals surface area contributed by atoms with E-state index in [4.69, 9.17) is 10.6 Å². The number of imide groups is 1. The number of amides is 5. The number of urea groups is 1. The standard InChI is InChI=1S/C21H20N6O5/c1-32-17-5-3-14-10-27(20(30)18(14)7-17)11-16(25-21(31)24-12-28)4-2-13-6-15(9-23-8-13)19(29)26-22/h3,5-9,12,16H,10-11,22H2,1H3,(H,26,29)(H2,24,25,28,31)/t16-/m1/s1. The Kier molecular flexibility index (Phi) is 6.99. The smallest absolute Gasteiger partial charge is 0.322 e. The van der Waals surface area contributed by atoms with E-state index in [1.165, 1.54) is 30.5 Å². The third kappa shape index (κ3) is 5.18. The first kappa shape index (κ1) is 22.3. The predicted octanol–water partition coefficient (Wildman–Crippen LogP) is -0.475. The second kappa shape index (κ2) is 10.1. The lowest BCUT2D eigenvalue weighted by Crippen LogP contribution is -2.46. The molecule has 1 aliphatic rings. The molecule has 5 N–H and O–H groups in total. The van der Waals surface area contributed by atoms with Crippen molar-refractivity contribution in [2.75, 3.05) is 13.7 Å². The summed E-state index contributed by atoms with van der Waals surface area (Å²) in [6, 6.07) is 5.12. The molecule has 0 saturated carbocycles. The van der Waals surface area contributed by atoms with Gasteiger partial charge in [0.15, 0.2) is 0 Å². The molecule has 0 aliphatic carbocycles. The highest BCUT2D eigenvalue weighted by Crippen LogP contribution is 2.26. The first-order valence-corrected chi connectivity index (χ1v) is 9.39. The number of nitrogen functional groups attached to an aromatic ring is 1. The van der Waals surface area contributed by atoms with Gasteiger partial charge in [-0.1, -0.05) is 17.9 Å². The van der Waals surface area contributed by atoms with Crippen LogP contribution in [0.2, 0.25) is 0 Å². The van der Waals surface area contributed by atoms with Crippen molar-refractivity contribution in [1.29, 1.82) is 0 Å². The van der Waals surface area contributed by atoms with E-state index in [1.807, 2.05) is 10.7 Å². The highest BCUT2D eigenvalue weighted by atomic mass is 16.5. The Balaban J connectivity index is 1.81.